The molecule has 0 radical (unpaired) electrons. The Bertz CT molecular complexity index is 991. The van der Waals surface area contributed by atoms with E-state index in [-0.39, 0.29) is 5.56 Å². The van der Waals surface area contributed by atoms with Gasteiger partial charge in [0.25, 0.3) is 5.56 Å². The summed E-state index contributed by atoms with van der Waals surface area (Å²) in [6.45, 7) is 4.36. The van der Waals surface area contributed by atoms with Gasteiger partial charge in [0.2, 0.25) is 0 Å². The Morgan fingerprint density at radius 1 is 1.36 bits per heavy atom. The second-order valence-corrected chi connectivity index (χ2v) is 9.23. The third kappa shape index (κ3) is 3.03. The Hall–Kier alpha value is -1.30. The zero-order chi connectivity index (χ0) is 17.6. The van der Waals surface area contributed by atoms with Crippen LogP contribution in [0.1, 0.15) is 30.7 Å². The summed E-state index contributed by atoms with van der Waals surface area (Å²) in [4.78, 5) is 20.5. The molecule has 0 N–H and O–H groups in total. The number of thioether (sulfide) groups is 1. The van der Waals surface area contributed by atoms with Gasteiger partial charge in [-0.1, -0.05) is 37.2 Å². The average Bonchev–Trinajstić information content (AvgIpc) is 2.94. The summed E-state index contributed by atoms with van der Waals surface area (Å²) < 4.78 is 1.75. The number of hydrogen-bond donors (Lipinski definition) is 0. The normalized spacial score (nSPS) is 17.0. The van der Waals surface area contributed by atoms with Crippen LogP contribution in [-0.4, -0.2) is 15.3 Å². The molecule has 0 aliphatic heterocycles. The van der Waals surface area contributed by atoms with E-state index in [4.69, 9.17) is 16.6 Å². The van der Waals surface area contributed by atoms with Gasteiger partial charge in [-0.3, -0.25) is 9.36 Å². The Balaban J connectivity index is 2.00. The largest absolute Gasteiger partial charge is 0.268 e. The molecule has 0 spiro atoms. The van der Waals surface area contributed by atoms with Gasteiger partial charge >= 0.3 is 0 Å². The van der Waals surface area contributed by atoms with E-state index in [0.29, 0.717) is 10.9 Å². The van der Waals surface area contributed by atoms with Crippen LogP contribution < -0.4 is 5.56 Å². The molecule has 2 heterocycles. The van der Waals surface area contributed by atoms with Crippen molar-refractivity contribution >= 4 is 44.9 Å². The minimum absolute atomic E-state index is 0.0512. The van der Waals surface area contributed by atoms with Crippen LogP contribution in [0, 0.1) is 5.92 Å². The maximum Gasteiger partial charge on any atom is 0.267 e. The molecule has 1 aliphatic rings. The van der Waals surface area contributed by atoms with Crippen molar-refractivity contribution in [3.05, 3.63) is 50.1 Å². The van der Waals surface area contributed by atoms with Gasteiger partial charge in [0.1, 0.15) is 4.83 Å². The standard InChI is InChI=1S/C19H19ClN2OS2/c1-3-24-19-21-17-16(14-9-4-11(2)10-15(14)25-17)18(23)22(19)13-7-5-12(20)6-8-13/h5-8,11H,3-4,9-10H2,1-2H3/t11-/m0/s1. The number of aryl methyl sites for hydroxylation is 1. The highest BCUT2D eigenvalue weighted by atomic mass is 35.5. The number of fused-ring (bicyclic) bond motifs is 3. The van der Waals surface area contributed by atoms with Crippen LogP contribution in [-0.2, 0) is 12.8 Å². The lowest BCUT2D eigenvalue weighted by molar-refractivity contribution is 0.509. The lowest BCUT2D eigenvalue weighted by Crippen LogP contribution is -2.22. The van der Waals surface area contributed by atoms with Crippen LogP contribution in [0.2, 0.25) is 5.02 Å². The van der Waals surface area contributed by atoms with E-state index < -0.39 is 0 Å². The van der Waals surface area contributed by atoms with Crippen molar-refractivity contribution in [3.8, 4) is 5.69 Å². The third-order valence-electron chi connectivity index (χ3n) is 4.66. The number of nitrogens with zero attached hydrogens (tertiary/aromatic N) is 2. The first-order valence-electron chi connectivity index (χ1n) is 8.54. The second kappa shape index (κ2) is 6.78. The van der Waals surface area contributed by atoms with Crippen LogP contribution >= 0.6 is 34.7 Å². The molecular formula is C19H19ClN2OS2. The van der Waals surface area contributed by atoms with E-state index >= 15 is 0 Å². The quantitative estimate of drug-likeness (QED) is 0.447. The molecule has 1 aromatic carbocycles. The fraction of sp³-hybridized carbons (Fsp3) is 0.368. The molecule has 4 rings (SSSR count). The highest BCUT2D eigenvalue weighted by molar-refractivity contribution is 7.99. The summed E-state index contributed by atoms with van der Waals surface area (Å²) in [7, 11) is 0. The van der Waals surface area contributed by atoms with Gasteiger partial charge in [0, 0.05) is 9.90 Å². The van der Waals surface area contributed by atoms with E-state index in [1.54, 1.807) is 27.7 Å². The molecule has 0 unspecified atom stereocenters. The molecular weight excluding hydrogens is 372 g/mol. The Morgan fingerprint density at radius 2 is 2.12 bits per heavy atom. The summed E-state index contributed by atoms with van der Waals surface area (Å²) in [5.74, 6) is 1.55. The van der Waals surface area contributed by atoms with E-state index in [1.165, 1.54) is 10.4 Å². The molecule has 2 aromatic heterocycles. The molecule has 0 saturated heterocycles. The highest BCUT2D eigenvalue weighted by Crippen LogP contribution is 2.37. The molecule has 3 nitrogen and oxygen atoms in total. The predicted octanol–water partition coefficient (Wildman–Crippen LogP) is 5.34. The van der Waals surface area contributed by atoms with Crippen LogP contribution in [0.3, 0.4) is 0 Å². The first-order chi connectivity index (χ1) is 12.1. The van der Waals surface area contributed by atoms with E-state index in [1.807, 2.05) is 24.3 Å². The van der Waals surface area contributed by atoms with Gasteiger partial charge in [-0.25, -0.2) is 4.98 Å². The minimum atomic E-state index is 0.0512. The SMILES string of the molecule is CCSc1nc2sc3c(c2c(=O)n1-c1ccc(Cl)cc1)CC[C@H](C)C3. The molecule has 1 atom stereocenters. The van der Waals surface area contributed by atoms with Gasteiger partial charge in [-0.05, 0) is 60.8 Å². The van der Waals surface area contributed by atoms with Crippen LogP contribution in [0.5, 0.6) is 0 Å². The minimum Gasteiger partial charge on any atom is -0.268 e. The van der Waals surface area contributed by atoms with Crippen LogP contribution in [0.4, 0.5) is 0 Å². The first-order valence-corrected chi connectivity index (χ1v) is 10.7. The van der Waals surface area contributed by atoms with Gasteiger partial charge in [0.05, 0.1) is 11.1 Å². The fourth-order valence-electron chi connectivity index (χ4n) is 3.42. The lowest BCUT2D eigenvalue weighted by Gasteiger charge is -2.17. The number of rotatable bonds is 3. The zero-order valence-electron chi connectivity index (χ0n) is 14.2. The maximum atomic E-state index is 13.4. The van der Waals surface area contributed by atoms with Crippen molar-refractivity contribution in [2.45, 2.75) is 38.3 Å². The van der Waals surface area contributed by atoms with Crippen molar-refractivity contribution in [2.24, 2.45) is 5.92 Å². The maximum absolute atomic E-state index is 13.4. The summed E-state index contributed by atoms with van der Waals surface area (Å²) in [6.07, 6.45) is 3.19. The Labute approximate surface area is 160 Å². The van der Waals surface area contributed by atoms with Gasteiger partial charge in [0.15, 0.2) is 5.16 Å². The first kappa shape index (κ1) is 17.1. The zero-order valence-corrected chi connectivity index (χ0v) is 16.6. The Kier molecular flexibility index (Phi) is 4.65. The van der Waals surface area contributed by atoms with Gasteiger partial charge < -0.3 is 0 Å². The molecule has 25 heavy (non-hydrogen) atoms. The van der Waals surface area contributed by atoms with Crippen molar-refractivity contribution < 1.29 is 0 Å². The number of benzene rings is 1. The monoisotopic (exact) mass is 390 g/mol. The van der Waals surface area contributed by atoms with Crippen LogP contribution in [0.25, 0.3) is 15.9 Å². The third-order valence-corrected chi connectivity index (χ3v) is 6.88. The molecule has 6 heteroatoms. The lowest BCUT2D eigenvalue weighted by atomic mass is 9.89. The van der Waals surface area contributed by atoms with E-state index in [0.717, 1.165) is 46.1 Å². The van der Waals surface area contributed by atoms with Crippen LogP contribution in [0.15, 0.2) is 34.2 Å². The number of aromatic nitrogens is 2. The fourth-order valence-corrected chi connectivity index (χ4v) is 5.70. The van der Waals surface area contributed by atoms with Gasteiger partial charge in [-0.2, -0.15) is 0 Å². The van der Waals surface area contributed by atoms with Crippen molar-refractivity contribution in [3.63, 3.8) is 0 Å². The topological polar surface area (TPSA) is 34.9 Å². The van der Waals surface area contributed by atoms with E-state index in [2.05, 4.69) is 13.8 Å². The summed E-state index contributed by atoms with van der Waals surface area (Å²) in [6, 6.07) is 7.41. The molecule has 0 bridgehead atoms. The molecule has 130 valence electrons. The molecule has 1 aliphatic carbocycles. The Morgan fingerprint density at radius 3 is 2.84 bits per heavy atom. The van der Waals surface area contributed by atoms with Gasteiger partial charge in [-0.15, -0.1) is 11.3 Å². The average molecular weight is 391 g/mol. The van der Waals surface area contributed by atoms with Crippen molar-refractivity contribution in [1.29, 1.82) is 0 Å². The molecule has 0 amide bonds. The number of halogens is 1. The molecule has 3 aromatic rings. The summed E-state index contributed by atoms with van der Waals surface area (Å²) in [5, 5.41) is 2.24. The predicted molar refractivity (Wildman–Crippen MR) is 108 cm³/mol. The van der Waals surface area contributed by atoms with E-state index in [9.17, 15) is 4.79 Å². The molecule has 0 saturated carbocycles. The summed E-state index contributed by atoms with van der Waals surface area (Å²) in [5.41, 5.74) is 2.10. The second-order valence-electron chi connectivity index (χ2n) is 6.48. The smallest absolute Gasteiger partial charge is 0.267 e. The van der Waals surface area contributed by atoms with Crippen molar-refractivity contribution in [2.75, 3.05) is 5.75 Å². The number of thiophene rings is 1. The number of hydrogen-bond acceptors (Lipinski definition) is 4. The highest BCUT2D eigenvalue weighted by Gasteiger charge is 2.25. The summed E-state index contributed by atoms with van der Waals surface area (Å²) >= 11 is 9.33. The molecule has 0 fully saturated rings. The van der Waals surface area contributed by atoms with Crippen molar-refractivity contribution in [1.82, 2.24) is 9.55 Å².